The molecule has 7 heteroatoms. The Kier molecular flexibility index (Phi) is 5.22. The van der Waals surface area contributed by atoms with Crippen LogP contribution in [-0.2, 0) is 26.6 Å². The van der Waals surface area contributed by atoms with Crippen molar-refractivity contribution >= 4 is 21.4 Å². The molecule has 0 N–H and O–H groups in total. The number of carbonyl (C=O) groups excluding carboxylic acids is 1. The molecule has 4 rings (SSSR count). The average Bonchev–Trinajstić information content (AvgIpc) is 2.98. The first kappa shape index (κ1) is 21.0. The van der Waals surface area contributed by atoms with Gasteiger partial charge in [-0.15, -0.1) is 0 Å². The summed E-state index contributed by atoms with van der Waals surface area (Å²) in [6.07, 6.45) is 0. The summed E-state index contributed by atoms with van der Waals surface area (Å²) in [5.41, 5.74) is 2.75. The highest BCUT2D eigenvalue weighted by molar-refractivity contribution is 7.91. The van der Waals surface area contributed by atoms with Gasteiger partial charge in [0.15, 0.2) is 9.84 Å². The summed E-state index contributed by atoms with van der Waals surface area (Å²) >= 11 is 0. The van der Waals surface area contributed by atoms with Gasteiger partial charge in [-0.2, -0.15) is 0 Å². The molecule has 160 valence electrons. The maximum atomic E-state index is 13.2. The van der Waals surface area contributed by atoms with E-state index in [-0.39, 0.29) is 41.2 Å². The van der Waals surface area contributed by atoms with E-state index in [0.29, 0.717) is 6.54 Å². The third kappa shape index (κ3) is 4.14. The van der Waals surface area contributed by atoms with Gasteiger partial charge < -0.3 is 4.90 Å². The molecule has 2 aliphatic heterocycles. The fourth-order valence-electron chi connectivity index (χ4n) is 4.41. The lowest BCUT2D eigenvalue weighted by Gasteiger charge is -2.43. The SMILES string of the molecule is CC(C)(C)c1ccc(N2C(=O)CN(Cc3ccc(F)cc3)[C@H]3CS(=O)(=O)C[C@@H]32)cc1. The van der Waals surface area contributed by atoms with E-state index in [1.165, 1.54) is 12.1 Å². The highest BCUT2D eigenvalue weighted by Gasteiger charge is 2.49. The van der Waals surface area contributed by atoms with Gasteiger partial charge in [0.05, 0.1) is 24.1 Å². The topological polar surface area (TPSA) is 57.7 Å². The van der Waals surface area contributed by atoms with Gasteiger partial charge in [-0.05, 0) is 40.8 Å². The van der Waals surface area contributed by atoms with Crippen molar-refractivity contribution in [1.29, 1.82) is 0 Å². The Labute approximate surface area is 177 Å². The minimum Gasteiger partial charge on any atom is -0.306 e. The van der Waals surface area contributed by atoms with Crippen LogP contribution in [0.2, 0.25) is 0 Å². The molecule has 30 heavy (non-hydrogen) atoms. The van der Waals surface area contributed by atoms with E-state index in [2.05, 4.69) is 20.8 Å². The van der Waals surface area contributed by atoms with Crippen LogP contribution in [0.5, 0.6) is 0 Å². The second-order valence-electron chi connectivity index (χ2n) is 9.30. The van der Waals surface area contributed by atoms with E-state index in [9.17, 15) is 17.6 Å². The van der Waals surface area contributed by atoms with Crippen molar-refractivity contribution in [3.8, 4) is 0 Å². The van der Waals surface area contributed by atoms with Gasteiger partial charge >= 0.3 is 0 Å². The predicted molar refractivity (Wildman–Crippen MR) is 116 cm³/mol. The molecule has 2 aromatic rings. The molecule has 0 aliphatic carbocycles. The Balaban J connectivity index is 1.63. The van der Waals surface area contributed by atoms with Gasteiger partial charge in [-0.1, -0.05) is 45.0 Å². The third-order valence-electron chi connectivity index (χ3n) is 6.01. The maximum absolute atomic E-state index is 13.2. The van der Waals surface area contributed by atoms with Crippen LogP contribution in [-0.4, -0.2) is 49.4 Å². The van der Waals surface area contributed by atoms with Gasteiger partial charge in [0, 0.05) is 18.3 Å². The van der Waals surface area contributed by atoms with Gasteiger partial charge in [0.2, 0.25) is 5.91 Å². The second-order valence-corrected chi connectivity index (χ2v) is 11.5. The van der Waals surface area contributed by atoms with Crippen LogP contribution in [0.3, 0.4) is 0 Å². The number of sulfone groups is 1. The summed E-state index contributed by atoms with van der Waals surface area (Å²) in [5.74, 6) is -0.439. The van der Waals surface area contributed by atoms with E-state index in [1.807, 2.05) is 29.2 Å². The molecule has 2 saturated heterocycles. The number of fused-ring (bicyclic) bond motifs is 1. The van der Waals surface area contributed by atoms with Gasteiger partial charge in [0.1, 0.15) is 5.82 Å². The van der Waals surface area contributed by atoms with Crippen molar-refractivity contribution in [2.45, 2.75) is 44.8 Å². The molecule has 0 bridgehead atoms. The Bertz CT molecular complexity index is 1040. The first-order valence-corrected chi connectivity index (χ1v) is 12.0. The monoisotopic (exact) mass is 430 g/mol. The molecule has 0 unspecified atom stereocenters. The van der Waals surface area contributed by atoms with Crippen LogP contribution in [0.4, 0.5) is 10.1 Å². The fraction of sp³-hybridized carbons (Fsp3) is 0.435. The Morgan fingerprint density at radius 1 is 0.967 bits per heavy atom. The van der Waals surface area contributed by atoms with E-state index in [4.69, 9.17) is 0 Å². The number of rotatable bonds is 3. The van der Waals surface area contributed by atoms with Crippen molar-refractivity contribution in [2.24, 2.45) is 0 Å². The van der Waals surface area contributed by atoms with Gasteiger partial charge in [0.25, 0.3) is 0 Å². The summed E-state index contributed by atoms with van der Waals surface area (Å²) < 4.78 is 38.2. The summed E-state index contributed by atoms with van der Waals surface area (Å²) in [6, 6.07) is 13.3. The van der Waals surface area contributed by atoms with E-state index < -0.39 is 15.9 Å². The molecular weight excluding hydrogens is 403 g/mol. The molecule has 2 aromatic carbocycles. The highest BCUT2D eigenvalue weighted by atomic mass is 32.2. The van der Waals surface area contributed by atoms with Crippen LogP contribution >= 0.6 is 0 Å². The zero-order valence-corrected chi connectivity index (χ0v) is 18.3. The first-order chi connectivity index (χ1) is 14.0. The van der Waals surface area contributed by atoms with Crippen LogP contribution < -0.4 is 4.90 Å². The van der Waals surface area contributed by atoms with E-state index >= 15 is 0 Å². The Morgan fingerprint density at radius 3 is 2.17 bits per heavy atom. The maximum Gasteiger partial charge on any atom is 0.241 e. The number of halogens is 1. The minimum atomic E-state index is -3.25. The number of carbonyl (C=O) groups is 1. The number of amides is 1. The van der Waals surface area contributed by atoms with Gasteiger partial charge in [-0.3, -0.25) is 9.69 Å². The molecule has 0 aromatic heterocycles. The number of hydrogen-bond acceptors (Lipinski definition) is 4. The summed E-state index contributed by atoms with van der Waals surface area (Å²) in [5, 5.41) is 0. The molecule has 2 fully saturated rings. The van der Waals surface area contributed by atoms with Gasteiger partial charge in [-0.25, -0.2) is 12.8 Å². The minimum absolute atomic E-state index is 0.00434. The van der Waals surface area contributed by atoms with Crippen molar-refractivity contribution in [2.75, 3.05) is 23.0 Å². The van der Waals surface area contributed by atoms with Crippen molar-refractivity contribution in [1.82, 2.24) is 4.90 Å². The van der Waals surface area contributed by atoms with Crippen LogP contribution in [0.15, 0.2) is 48.5 Å². The number of anilines is 1. The smallest absolute Gasteiger partial charge is 0.241 e. The van der Waals surface area contributed by atoms with Crippen molar-refractivity contribution in [3.63, 3.8) is 0 Å². The zero-order valence-electron chi connectivity index (χ0n) is 17.5. The number of benzene rings is 2. The Morgan fingerprint density at radius 2 is 1.57 bits per heavy atom. The second kappa shape index (κ2) is 7.46. The third-order valence-corrected chi connectivity index (χ3v) is 7.71. The van der Waals surface area contributed by atoms with Crippen molar-refractivity contribution in [3.05, 3.63) is 65.5 Å². The normalized spacial score (nSPS) is 24.1. The molecule has 0 saturated carbocycles. The fourth-order valence-corrected chi connectivity index (χ4v) is 6.39. The first-order valence-electron chi connectivity index (χ1n) is 10.1. The van der Waals surface area contributed by atoms with Crippen molar-refractivity contribution < 1.29 is 17.6 Å². The molecule has 5 nitrogen and oxygen atoms in total. The molecule has 0 spiro atoms. The van der Waals surface area contributed by atoms with E-state index in [1.54, 1.807) is 17.0 Å². The molecular formula is C23H27FN2O3S. The largest absolute Gasteiger partial charge is 0.306 e. The lowest BCUT2D eigenvalue weighted by atomic mass is 9.87. The van der Waals surface area contributed by atoms with Crippen LogP contribution in [0, 0.1) is 5.82 Å². The quantitative estimate of drug-likeness (QED) is 0.751. The summed E-state index contributed by atoms with van der Waals surface area (Å²) in [4.78, 5) is 16.7. The lowest BCUT2D eigenvalue weighted by Crippen LogP contribution is -2.61. The predicted octanol–water partition coefficient (Wildman–Crippen LogP) is 3.14. The zero-order chi connectivity index (χ0) is 21.7. The summed E-state index contributed by atoms with van der Waals surface area (Å²) in [6.45, 7) is 6.93. The number of piperazine rings is 1. The number of hydrogen-bond donors (Lipinski definition) is 0. The molecule has 0 radical (unpaired) electrons. The standard InChI is InChI=1S/C23H27FN2O3S/c1-23(2,3)17-6-10-19(11-7-17)26-21-15-30(28,29)14-20(21)25(13-22(26)27)12-16-4-8-18(24)9-5-16/h4-11,20-21H,12-15H2,1-3H3/t20-,21-/m0/s1. The molecule has 2 atom stereocenters. The average molecular weight is 431 g/mol. The lowest BCUT2D eigenvalue weighted by molar-refractivity contribution is -0.123. The highest BCUT2D eigenvalue weighted by Crippen LogP contribution is 2.33. The molecule has 2 heterocycles. The summed E-state index contributed by atoms with van der Waals surface area (Å²) in [7, 11) is -3.25. The number of nitrogens with zero attached hydrogens (tertiary/aromatic N) is 2. The Hall–Kier alpha value is -2.25. The van der Waals surface area contributed by atoms with Crippen LogP contribution in [0.25, 0.3) is 0 Å². The van der Waals surface area contributed by atoms with E-state index in [0.717, 1.165) is 16.8 Å². The molecule has 1 amide bonds. The molecule has 2 aliphatic rings. The van der Waals surface area contributed by atoms with Crippen LogP contribution in [0.1, 0.15) is 31.9 Å².